The van der Waals surface area contributed by atoms with E-state index in [0.29, 0.717) is 35.3 Å². The zero-order valence-electron chi connectivity index (χ0n) is 18.8. The third-order valence-corrected chi connectivity index (χ3v) is 6.54. The Labute approximate surface area is 202 Å². The van der Waals surface area contributed by atoms with Crippen LogP contribution in [-0.2, 0) is 9.59 Å². The summed E-state index contributed by atoms with van der Waals surface area (Å²) in [6.45, 7) is 3.76. The van der Waals surface area contributed by atoms with Crippen molar-refractivity contribution in [2.24, 2.45) is 0 Å². The first-order valence-electron chi connectivity index (χ1n) is 11.3. The summed E-state index contributed by atoms with van der Waals surface area (Å²) in [6, 6.07) is 2.09. The summed E-state index contributed by atoms with van der Waals surface area (Å²) in [5.41, 5.74) is 2.79. The molecular formula is C23H25ClN8O2. The molecule has 0 unspecified atom stereocenters. The van der Waals surface area contributed by atoms with E-state index in [-0.39, 0.29) is 17.9 Å². The third-order valence-electron chi connectivity index (χ3n) is 6.27. The number of nitrogens with one attached hydrogen (secondary N) is 1. The Morgan fingerprint density at radius 1 is 1.15 bits per heavy atom. The van der Waals surface area contributed by atoms with E-state index in [1.807, 2.05) is 21.8 Å². The first kappa shape index (κ1) is 22.3. The molecule has 0 aliphatic carbocycles. The smallest absolute Gasteiger partial charge is 0.227 e. The van der Waals surface area contributed by atoms with Gasteiger partial charge in [-0.15, -0.1) is 0 Å². The van der Waals surface area contributed by atoms with E-state index in [4.69, 9.17) is 11.6 Å². The quantitative estimate of drug-likeness (QED) is 0.595. The molecule has 0 bridgehead atoms. The van der Waals surface area contributed by atoms with E-state index < -0.39 is 0 Å². The summed E-state index contributed by atoms with van der Waals surface area (Å²) >= 11 is 6.42. The number of carbonyl (C=O) groups is 2. The normalized spacial score (nSPS) is 16.8. The molecule has 2 aliphatic rings. The van der Waals surface area contributed by atoms with Crippen LogP contribution in [0.25, 0.3) is 11.3 Å². The molecular weight excluding hydrogens is 456 g/mol. The lowest BCUT2D eigenvalue weighted by molar-refractivity contribution is -0.130. The van der Waals surface area contributed by atoms with E-state index >= 15 is 0 Å². The maximum atomic E-state index is 12.1. The molecule has 5 rings (SSSR count). The Morgan fingerprint density at radius 2 is 1.97 bits per heavy atom. The molecule has 0 atom stereocenters. The minimum Gasteiger partial charge on any atom is -0.343 e. The van der Waals surface area contributed by atoms with Gasteiger partial charge in [0.25, 0.3) is 0 Å². The number of nitrogens with zero attached hydrogens (tertiary/aromatic N) is 7. The van der Waals surface area contributed by atoms with Gasteiger partial charge in [0.05, 0.1) is 52.9 Å². The Bertz CT molecular complexity index is 1220. The summed E-state index contributed by atoms with van der Waals surface area (Å²) < 4.78 is 1.93. The van der Waals surface area contributed by atoms with E-state index in [2.05, 4.69) is 25.4 Å². The van der Waals surface area contributed by atoms with Gasteiger partial charge in [0.15, 0.2) is 0 Å². The van der Waals surface area contributed by atoms with Crippen LogP contribution < -0.4 is 10.2 Å². The Hall–Kier alpha value is -3.53. The van der Waals surface area contributed by atoms with Crippen molar-refractivity contribution in [2.45, 2.75) is 38.6 Å². The van der Waals surface area contributed by atoms with Gasteiger partial charge in [0.2, 0.25) is 17.8 Å². The lowest BCUT2D eigenvalue weighted by Gasteiger charge is -2.31. The highest BCUT2D eigenvalue weighted by molar-refractivity contribution is 6.32. The lowest BCUT2D eigenvalue weighted by Crippen LogP contribution is -2.37. The number of anilines is 3. The molecule has 176 valence electrons. The summed E-state index contributed by atoms with van der Waals surface area (Å²) in [5.74, 6) is 0.585. The molecule has 10 nitrogen and oxygen atoms in total. The van der Waals surface area contributed by atoms with Crippen LogP contribution in [-0.4, -0.2) is 61.1 Å². The van der Waals surface area contributed by atoms with E-state index in [1.165, 1.54) is 0 Å². The van der Waals surface area contributed by atoms with Crippen molar-refractivity contribution in [2.75, 3.05) is 29.9 Å². The van der Waals surface area contributed by atoms with Crippen molar-refractivity contribution in [3.05, 3.63) is 42.1 Å². The second-order valence-corrected chi connectivity index (χ2v) is 8.95. The number of aromatic nitrogens is 5. The fraction of sp³-hybridized carbons (Fsp3) is 0.391. The second kappa shape index (κ2) is 9.38. The number of hydrogen-bond donors (Lipinski definition) is 1. The zero-order valence-corrected chi connectivity index (χ0v) is 19.6. The number of amides is 2. The van der Waals surface area contributed by atoms with E-state index in [0.717, 1.165) is 43.6 Å². The third kappa shape index (κ3) is 4.58. The Morgan fingerprint density at radius 3 is 2.71 bits per heavy atom. The monoisotopic (exact) mass is 480 g/mol. The van der Waals surface area contributed by atoms with Gasteiger partial charge in [0, 0.05) is 44.7 Å². The molecule has 34 heavy (non-hydrogen) atoms. The average Bonchev–Trinajstić information content (AvgIpc) is 3.50. The van der Waals surface area contributed by atoms with Crippen molar-refractivity contribution >= 4 is 40.7 Å². The highest BCUT2D eigenvalue weighted by Gasteiger charge is 2.24. The first-order chi connectivity index (χ1) is 16.5. The number of pyridine rings is 1. The fourth-order valence-electron chi connectivity index (χ4n) is 4.43. The molecule has 2 aliphatic heterocycles. The van der Waals surface area contributed by atoms with Gasteiger partial charge in [-0.25, -0.2) is 9.97 Å². The topological polar surface area (TPSA) is 109 Å². The number of piperidine rings is 1. The molecule has 0 aromatic carbocycles. The summed E-state index contributed by atoms with van der Waals surface area (Å²) in [4.78, 5) is 40.4. The van der Waals surface area contributed by atoms with Crippen LogP contribution >= 0.6 is 11.6 Å². The molecule has 0 saturated carbocycles. The number of carbonyl (C=O) groups excluding carboxylic acids is 2. The highest BCUT2D eigenvalue weighted by Crippen LogP contribution is 2.30. The van der Waals surface area contributed by atoms with Crippen LogP contribution in [0.5, 0.6) is 0 Å². The number of likely N-dealkylation sites (tertiary alicyclic amines) is 1. The molecule has 0 radical (unpaired) electrons. The molecule has 5 heterocycles. The van der Waals surface area contributed by atoms with E-state index in [9.17, 15) is 9.59 Å². The Kier molecular flexibility index (Phi) is 6.14. The van der Waals surface area contributed by atoms with Crippen LogP contribution in [0.1, 0.15) is 38.6 Å². The van der Waals surface area contributed by atoms with Crippen molar-refractivity contribution < 1.29 is 9.59 Å². The highest BCUT2D eigenvalue weighted by atomic mass is 35.5. The molecule has 0 spiro atoms. The van der Waals surface area contributed by atoms with Crippen LogP contribution in [0.3, 0.4) is 0 Å². The molecule has 3 aromatic rings. The van der Waals surface area contributed by atoms with Crippen molar-refractivity contribution in [3.63, 3.8) is 0 Å². The van der Waals surface area contributed by atoms with Gasteiger partial charge >= 0.3 is 0 Å². The van der Waals surface area contributed by atoms with Gasteiger partial charge in [0.1, 0.15) is 0 Å². The summed E-state index contributed by atoms with van der Waals surface area (Å²) in [7, 11) is 0. The van der Waals surface area contributed by atoms with Gasteiger partial charge in [-0.2, -0.15) is 5.10 Å². The predicted molar refractivity (Wildman–Crippen MR) is 128 cm³/mol. The number of hydrogen-bond acceptors (Lipinski definition) is 7. The minimum atomic E-state index is 0.105. The first-order valence-corrected chi connectivity index (χ1v) is 11.7. The summed E-state index contributed by atoms with van der Waals surface area (Å²) in [5, 5.41) is 8.11. The fourth-order valence-corrected chi connectivity index (χ4v) is 4.63. The largest absolute Gasteiger partial charge is 0.343 e. The molecule has 2 fully saturated rings. The predicted octanol–water partition coefficient (Wildman–Crippen LogP) is 3.44. The van der Waals surface area contributed by atoms with Crippen LogP contribution in [0, 0.1) is 0 Å². The number of halogens is 1. The van der Waals surface area contributed by atoms with Crippen molar-refractivity contribution in [1.29, 1.82) is 0 Å². The zero-order chi connectivity index (χ0) is 23.7. The maximum absolute atomic E-state index is 12.1. The molecule has 2 saturated heterocycles. The van der Waals surface area contributed by atoms with Crippen molar-refractivity contribution in [3.8, 4) is 11.3 Å². The minimum absolute atomic E-state index is 0.105. The lowest BCUT2D eigenvalue weighted by atomic mass is 10.1. The maximum Gasteiger partial charge on any atom is 0.227 e. The van der Waals surface area contributed by atoms with Gasteiger partial charge in [-0.05, 0) is 25.3 Å². The van der Waals surface area contributed by atoms with Crippen LogP contribution in [0.15, 0.2) is 37.1 Å². The van der Waals surface area contributed by atoms with E-state index in [1.54, 1.807) is 36.6 Å². The molecule has 11 heteroatoms. The molecule has 3 aromatic heterocycles. The van der Waals surface area contributed by atoms with Crippen LogP contribution in [0.4, 0.5) is 17.3 Å². The Balaban J connectivity index is 1.32. The average molecular weight is 481 g/mol. The SMILES string of the molecule is CC(=O)N1CCC(n2cc(-c3nc(Nc4cncc(N5CCCC5=O)c4)ncc3Cl)cn2)CC1. The number of rotatable bonds is 5. The van der Waals surface area contributed by atoms with Gasteiger partial charge in [-0.1, -0.05) is 11.6 Å². The standard InChI is InChI=1S/C23H25ClN8O2/c1-15(33)30-7-4-18(5-8-30)32-14-16(10-27-32)22-20(24)13-26-23(29-22)28-17-9-19(12-25-11-17)31-6-2-3-21(31)34/h9-14,18H,2-8H2,1H3,(H,26,28,29). The van der Waals surface area contributed by atoms with Crippen molar-refractivity contribution in [1.82, 2.24) is 29.6 Å². The molecule has 1 N–H and O–H groups in total. The van der Waals surface area contributed by atoms with Gasteiger partial charge < -0.3 is 15.1 Å². The second-order valence-electron chi connectivity index (χ2n) is 8.54. The van der Waals surface area contributed by atoms with Gasteiger partial charge in [-0.3, -0.25) is 19.3 Å². The molecule has 2 amide bonds. The van der Waals surface area contributed by atoms with Crippen LogP contribution in [0.2, 0.25) is 5.02 Å². The summed E-state index contributed by atoms with van der Waals surface area (Å²) in [6.07, 6.45) is 11.7.